The average Bonchev–Trinajstić information content (AvgIpc) is 2.72. The fourth-order valence-electron chi connectivity index (χ4n) is 1.43. The lowest BCUT2D eigenvalue weighted by Gasteiger charge is -2.19. The predicted octanol–water partition coefficient (Wildman–Crippen LogP) is 1.83. The van der Waals surface area contributed by atoms with Crippen LogP contribution in [0.15, 0.2) is 16.3 Å². The van der Waals surface area contributed by atoms with Crippen molar-refractivity contribution >= 4 is 27.3 Å². The van der Waals surface area contributed by atoms with Crippen molar-refractivity contribution < 1.29 is 18.3 Å². The summed E-state index contributed by atoms with van der Waals surface area (Å²) >= 11 is 1.12. The second kappa shape index (κ2) is 5.81. The number of thiophene rings is 1. The van der Waals surface area contributed by atoms with Gasteiger partial charge in [0.1, 0.15) is 10.3 Å². The lowest BCUT2D eigenvalue weighted by atomic mass is 10.0. The van der Waals surface area contributed by atoms with E-state index in [0.29, 0.717) is 6.42 Å². The van der Waals surface area contributed by atoms with Crippen LogP contribution in [0.3, 0.4) is 0 Å². The predicted molar refractivity (Wildman–Crippen MR) is 70.3 cm³/mol. The van der Waals surface area contributed by atoms with Gasteiger partial charge in [-0.2, -0.15) is 4.72 Å². The molecule has 0 fully saturated rings. The summed E-state index contributed by atoms with van der Waals surface area (Å²) in [6, 6.07) is 2.08. The molecule has 0 amide bonds. The Hall–Kier alpha value is -0.920. The van der Waals surface area contributed by atoms with Gasteiger partial charge in [0, 0.05) is 4.88 Å². The van der Waals surface area contributed by atoms with Crippen LogP contribution < -0.4 is 4.72 Å². The molecule has 0 aliphatic heterocycles. The molecule has 0 unspecified atom stereocenters. The molecule has 5 nitrogen and oxygen atoms in total. The van der Waals surface area contributed by atoms with Crippen LogP contribution in [-0.4, -0.2) is 25.5 Å². The van der Waals surface area contributed by atoms with E-state index < -0.39 is 22.0 Å². The van der Waals surface area contributed by atoms with Gasteiger partial charge in [-0.3, -0.25) is 4.79 Å². The third-order valence-electron chi connectivity index (χ3n) is 2.74. The number of hydrogen-bond acceptors (Lipinski definition) is 4. The number of aliphatic carboxylic acids is 1. The van der Waals surface area contributed by atoms with Crippen molar-refractivity contribution in [3.8, 4) is 0 Å². The maximum atomic E-state index is 12.0. The van der Waals surface area contributed by atoms with Gasteiger partial charge < -0.3 is 5.11 Å². The molecular formula is C11H17NO4S2. The summed E-state index contributed by atoms with van der Waals surface area (Å²) in [5.74, 6) is -1.42. The Morgan fingerprint density at radius 1 is 1.50 bits per heavy atom. The number of carboxylic acids is 1. The lowest BCUT2D eigenvalue weighted by Crippen LogP contribution is -2.44. The highest BCUT2D eigenvalue weighted by atomic mass is 32.2. The number of carbonyl (C=O) groups is 1. The van der Waals surface area contributed by atoms with Crippen molar-refractivity contribution in [2.24, 2.45) is 5.92 Å². The topological polar surface area (TPSA) is 83.5 Å². The van der Waals surface area contributed by atoms with Gasteiger partial charge >= 0.3 is 5.97 Å². The highest BCUT2D eigenvalue weighted by Gasteiger charge is 2.29. The number of carboxylic acid groups (broad SMARTS) is 1. The molecule has 7 heteroatoms. The van der Waals surface area contributed by atoms with Crippen LogP contribution in [0.1, 0.15) is 25.1 Å². The number of rotatable bonds is 6. The summed E-state index contributed by atoms with van der Waals surface area (Å²) in [5.41, 5.74) is 0. The molecule has 0 radical (unpaired) electrons. The summed E-state index contributed by atoms with van der Waals surface area (Å²) in [4.78, 5) is 12.0. The Labute approximate surface area is 111 Å². The zero-order valence-corrected chi connectivity index (χ0v) is 12.1. The van der Waals surface area contributed by atoms with Gasteiger partial charge in [-0.05, 0) is 25.0 Å². The Morgan fingerprint density at radius 2 is 2.11 bits per heavy atom. The third-order valence-corrected chi connectivity index (χ3v) is 5.68. The molecule has 1 aromatic heterocycles. The van der Waals surface area contributed by atoms with Gasteiger partial charge in [-0.15, -0.1) is 11.3 Å². The van der Waals surface area contributed by atoms with Crippen LogP contribution >= 0.6 is 11.3 Å². The van der Waals surface area contributed by atoms with Crippen LogP contribution in [0.2, 0.25) is 0 Å². The van der Waals surface area contributed by atoms with Crippen molar-refractivity contribution in [1.82, 2.24) is 4.72 Å². The number of hydrogen-bond donors (Lipinski definition) is 2. The van der Waals surface area contributed by atoms with Gasteiger partial charge in [0.25, 0.3) is 10.0 Å². The first-order valence-corrected chi connectivity index (χ1v) is 7.89. The summed E-state index contributed by atoms with van der Waals surface area (Å²) in [7, 11) is -3.75. The van der Waals surface area contributed by atoms with E-state index in [4.69, 9.17) is 5.11 Å². The molecule has 0 saturated heterocycles. The second-order valence-electron chi connectivity index (χ2n) is 4.19. The van der Waals surface area contributed by atoms with Crippen molar-refractivity contribution in [3.63, 3.8) is 0 Å². The molecule has 102 valence electrons. The van der Waals surface area contributed by atoms with Gasteiger partial charge in [0.2, 0.25) is 0 Å². The zero-order chi connectivity index (χ0) is 13.9. The first-order valence-electron chi connectivity index (χ1n) is 5.59. The first kappa shape index (κ1) is 15.1. The Kier molecular flexibility index (Phi) is 4.89. The summed E-state index contributed by atoms with van der Waals surface area (Å²) in [5, 5.41) is 9.07. The van der Waals surface area contributed by atoms with Gasteiger partial charge in [0.05, 0.1) is 0 Å². The molecule has 1 heterocycles. The molecule has 2 atom stereocenters. The van der Waals surface area contributed by atoms with E-state index in [1.807, 2.05) is 6.92 Å². The van der Waals surface area contributed by atoms with E-state index >= 15 is 0 Å². The molecular weight excluding hydrogens is 274 g/mol. The number of aryl methyl sites for hydroxylation is 1. The third kappa shape index (κ3) is 3.54. The van der Waals surface area contributed by atoms with Gasteiger partial charge in [-0.1, -0.05) is 20.3 Å². The van der Waals surface area contributed by atoms with Crippen molar-refractivity contribution in [1.29, 1.82) is 0 Å². The second-order valence-corrected chi connectivity index (χ2v) is 7.42. The maximum Gasteiger partial charge on any atom is 0.322 e. The quantitative estimate of drug-likeness (QED) is 0.837. The monoisotopic (exact) mass is 291 g/mol. The molecule has 0 bridgehead atoms. The molecule has 1 rings (SSSR count). The van der Waals surface area contributed by atoms with Crippen molar-refractivity contribution in [3.05, 3.63) is 17.0 Å². The molecule has 18 heavy (non-hydrogen) atoms. The van der Waals surface area contributed by atoms with Gasteiger partial charge in [-0.25, -0.2) is 8.42 Å². The maximum absolute atomic E-state index is 12.0. The summed E-state index contributed by atoms with van der Waals surface area (Å²) in [6.07, 6.45) is 0.586. The smallest absolute Gasteiger partial charge is 0.322 e. The molecule has 2 N–H and O–H groups in total. The van der Waals surface area contributed by atoms with Crippen LogP contribution in [0, 0.1) is 12.8 Å². The van der Waals surface area contributed by atoms with Crippen molar-refractivity contribution in [2.45, 2.75) is 37.4 Å². The van der Waals surface area contributed by atoms with E-state index in [1.54, 1.807) is 19.9 Å². The molecule has 0 spiro atoms. The molecule has 0 aliphatic rings. The van der Waals surface area contributed by atoms with E-state index in [9.17, 15) is 13.2 Å². The average molecular weight is 291 g/mol. The summed E-state index contributed by atoms with van der Waals surface area (Å²) in [6.45, 7) is 5.33. The normalized spacial score (nSPS) is 15.3. The Bertz CT molecular complexity index is 521. The Morgan fingerprint density at radius 3 is 2.50 bits per heavy atom. The molecule has 1 aromatic rings. The van der Waals surface area contributed by atoms with Crippen LogP contribution in [0.5, 0.6) is 0 Å². The van der Waals surface area contributed by atoms with Gasteiger partial charge in [0.15, 0.2) is 0 Å². The zero-order valence-electron chi connectivity index (χ0n) is 10.5. The first-order chi connectivity index (χ1) is 8.27. The van der Waals surface area contributed by atoms with Crippen LogP contribution in [0.4, 0.5) is 0 Å². The largest absolute Gasteiger partial charge is 0.480 e. The standard InChI is InChI=1S/C11H17NO4S2/c1-4-7(2)10(11(13)14)12-18(15,16)9-6-5-8(3)17-9/h5-7,10,12H,4H2,1-3H3,(H,13,14)/t7-,10-/m0/s1. The fraction of sp³-hybridized carbons (Fsp3) is 0.545. The van der Waals surface area contributed by atoms with Crippen LogP contribution in [-0.2, 0) is 14.8 Å². The minimum Gasteiger partial charge on any atom is -0.480 e. The van der Waals surface area contributed by atoms with E-state index in [0.717, 1.165) is 16.2 Å². The van der Waals surface area contributed by atoms with E-state index in [2.05, 4.69) is 4.72 Å². The minimum atomic E-state index is -3.75. The number of sulfonamides is 1. The Balaban J connectivity index is 2.96. The van der Waals surface area contributed by atoms with E-state index in [1.165, 1.54) is 6.07 Å². The summed E-state index contributed by atoms with van der Waals surface area (Å²) < 4.78 is 26.4. The highest BCUT2D eigenvalue weighted by molar-refractivity contribution is 7.91. The lowest BCUT2D eigenvalue weighted by molar-refractivity contribution is -0.140. The highest BCUT2D eigenvalue weighted by Crippen LogP contribution is 2.21. The fourth-order valence-corrected chi connectivity index (χ4v) is 4.03. The van der Waals surface area contributed by atoms with E-state index in [-0.39, 0.29) is 10.1 Å². The van der Waals surface area contributed by atoms with Crippen molar-refractivity contribution in [2.75, 3.05) is 0 Å². The van der Waals surface area contributed by atoms with Crippen LogP contribution in [0.25, 0.3) is 0 Å². The number of nitrogens with one attached hydrogen (secondary N) is 1. The molecule has 0 aliphatic carbocycles. The SMILES string of the molecule is CC[C@H](C)[C@H](NS(=O)(=O)c1ccc(C)s1)C(=O)O. The molecule has 0 saturated carbocycles. The molecule has 0 aromatic carbocycles. The minimum absolute atomic E-state index is 0.148.